The van der Waals surface area contributed by atoms with Gasteiger partial charge in [0.05, 0.1) is 6.54 Å². The first-order chi connectivity index (χ1) is 11.9. The average Bonchev–Trinajstić information content (AvgIpc) is 2.46. The van der Waals surface area contributed by atoms with E-state index in [1.807, 2.05) is 0 Å². The van der Waals surface area contributed by atoms with Crippen LogP contribution in [0.25, 0.3) is 0 Å². The maximum Gasteiger partial charge on any atom is 0.573 e. The van der Waals surface area contributed by atoms with Gasteiger partial charge < -0.3 is 25.4 Å². The first-order valence-electron chi connectivity index (χ1n) is 7.72. The Morgan fingerprint density at radius 2 is 1.78 bits per heavy atom. The van der Waals surface area contributed by atoms with E-state index < -0.39 is 18.1 Å². The van der Waals surface area contributed by atoms with Gasteiger partial charge in [-0.15, -0.1) is 37.1 Å². The highest BCUT2D eigenvalue weighted by atomic mass is 127. The molecule has 1 amide bonds. The van der Waals surface area contributed by atoms with Crippen molar-refractivity contribution >= 4 is 41.7 Å². The summed E-state index contributed by atoms with van der Waals surface area (Å²) in [4.78, 5) is 17.2. The summed E-state index contributed by atoms with van der Waals surface area (Å²) in [7, 11) is 1.58. The number of aliphatic imine (C=N–C) groups is 1. The number of alkyl halides is 3. The number of hydrogen-bond donors (Lipinski definition) is 2. The molecule has 1 aromatic rings. The van der Waals surface area contributed by atoms with Crippen molar-refractivity contribution in [1.29, 1.82) is 0 Å². The smallest absolute Gasteiger partial charge is 0.444 e. The van der Waals surface area contributed by atoms with Crippen LogP contribution in [0.3, 0.4) is 0 Å². The Morgan fingerprint density at radius 1 is 1.22 bits per heavy atom. The quantitative estimate of drug-likeness (QED) is 0.362. The largest absolute Gasteiger partial charge is 0.573 e. The highest BCUT2D eigenvalue weighted by Crippen LogP contribution is 2.23. The van der Waals surface area contributed by atoms with Gasteiger partial charge in [-0.2, -0.15) is 0 Å². The minimum atomic E-state index is -4.74. The van der Waals surface area contributed by atoms with E-state index in [1.165, 1.54) is 17.0 Å². The maximum absolute atomic E-state index is 12.1. The lowest BCUT2D eigenvalue weighted by Gasteiger charge is -2.24. The van der Waals surface area contributed by atoms with E-state index in [2.05, 4.69) is 15.0 Å². The SMILES string of the molecule is CN(CCN=C(N)Nc1ccc(OC(F)(F)F)cc1)C(=O)OC(C)(C)C.I. The molecule has 0 radical (unpaired) electrons. The van der Waals surface area contributed by atoms with Crippen molar-refractivity contribution in [3.8, 4) is 5.75 Å². The van der Waals surface area contributed by atoms with Crippen LogP contribution in [0.15, 0.2) is 29.3 Å². The van der Waals surface area contributed by atoms with Crippen molar-refractivity contribution in [2.24, 2.45) is 10.7 Å². The number of hydrogen-bond acceptors (Lipinski definition) is 4. The summed E-state index contributed by atoms with van der Waals surface area (Å²) in [5.41, 5.74) is 5.56. The molecule has 3 N–H and O–H groups in total. The monoisotopic (exact) mass is 504 g/mol. The van der Waals surface area contributed by atoms with Crippen molar-refractivity contribution in [2.45, 2.75) is 32.7 Å². The fourth-order valence-electron chi connectivity index (χ4n) is 1.68. The molecule has 0 aliphatic heterocycles. The van der Waals surface area contributed by atoms with Gasteiger partial charge in [0.25, 0.3) is 0 Å². The second kappa shape index (κ2) is 10.4. The molecular formula is C16H24F3IN4O3. The number of ether oxygens (including phenoxy) is 2. The summed E-state index contributed by atoms with van der Waals surface area (Å²) >= 11 is 0. The fourth-order valence-corrected chi connectivity index (χ4v) is 1.68. The molecule has 0 aromatic heterocycles. The van der Waals surface area contributed by atoms with Crippen molar-refractivity contribution in [3.63, 3.8) is 0 Å². The molecule has 0 atom stereocenters. The highest BCUT2D eigenvalue weighted by molar-refractivity contribution is 14.0. The maximum atomic E-state index is 12.1. The van der Waals surface area contributed by atoms with E-state index in [0.29, 0.717) is 5.69 Å². The number of carbonyl (C=O) groups excluding carboxylic acids is 1. The topological polar surface area (TPSA) is 89.2 Å². The Labute approximate surface area is 173 Å². The van der Waals surface area contributed by atoms with Crippen LogP contribution < -0.4 is 15.8 Å². The van der Waals surface area contributed by atoms with Gasteiger partial charge in [-0.1, -0.05) is 0 Å². The number of benzene rings is 1. The zero-order valence-corrected chi connectivity index (χ0v) is 17.8. The fraction of sp³-hybridized carbons (Fsp3) is 0.500. The molecule has 0 heterocycles. The molecule has 0 saturated carbocycles. The van der Waals surface area contributed by atoms with Crippen LogP contribution in [-0.4, -0.2) is 49.1 Å². The summed E-state index contributed by atoms with van der Waals surface area (Å²) in [6, 6.07) is 5.05. The molecule has 0 bridgehead atoms. The number of nitrogens with two attached hydrogens (primary N) is 1. The Hall–Kier alpha value is -1.92. The van der Waals surface area contributed by atoms with Gasteiger partial charge in [0.15, 0.2) is 5.96 Å². The molecule has 0 aliphatic rings. The number of likely N-dealkylation sites (N-methyl/N-ethyl adjacent to an activating group) is 1. The molecule has 1 aromatic carbocycles. The average molecular weight is 504 g/mol. The van der Waals surface area contributed by atoms with Gasteiger partial charge in [0.1, 0.15) is 11.4 Å². The van der Waals surface area contributed by atoms with E-state index in [0.717, 1.165) is 12.1 Å². The molecule has 0 fully saturated rings. The van der Waals surface area contributed by atoms with Crippen LogP contribution in [0, 0.1) is 0 Å². The van der Waals surface area contributed by atoms with Crippen molar-refractivity contribution in [1.82, 2.24) is 4.90 Å². The molecule has 0 unspecified atom stereocenters. The van der Waals surface area contributed by atoms with E-state index in [4.69, 9.17) is 10.5 Å². The number of halogens is 4. The first kappa shape index (κ1) is 25.1. The van der Waals surface area contributed by atoms with Crippen LogP contribution in [0.2, 0.25) is 0 Å². The van der Waals surface area contributed by atoms with Gasteiger partial charge in [0, 0.05) is 19.3 Å². The Balaban J connectivity index is 0.00000676. The lowest BCUT2D eigenvalue weighted by atomic mass is 10.2. The zero-order valence-electron chi connectivity index (χ0n) is 15.5. The van der Waals surface area contributed by atoms with E-state index in [-0.39, 0.29) is 48.8 Å². The number of rotatable bonds is 5. The number of anilines is 1. The predicted octanol–water partition coefficient (Wildman–Crippen LogP) is 3.80. The molecule has 0 saturated heterocycles. The standard InChI is InChI=1S/C16H23F3N4O3.HI/c1-15(2,3)26-14(24)23(4)10-9-21-13(20)22-11-5-7-12(8-6-11)25-16(17,18)19;/h5-8H,9-10H2,1-4H3,(H3,20,21,22);1H. The van der Waals surface area contributed by atoms with E-state index in [1.54, 1.807) is 27.8 Å². The van der Waals surface area contributed by atoms with Crippen LogP contribution in [0.5, 0.6) is 5.75 Å². The molecule has 27 heavy (non-hydrogen) atoms. The third-order valence-electron chi connectivity index (χ3n) is 2.78. The molecule has 154 valence electrons. The van der Waals surface area contributed by atoms with Crippen LogP contribution in [0.4, 0.5) is 23.7 Å². The Kier molecular flexibility index (Phi) is 9.68. The summed E-state index contributed by atoms with van der Waals surface area (Å²) in [5.74, 6) is -0.273. The first-order valence-corrected chi connectivity index (χ1v) is 7.72. The van der Waals surface area contributed by atoms with Crippen LogP contribution in [-0.2, 0) is 4.74 Å². The summed E-state index contributed by atoms with van der Waals surface area (Å²) in [5, 5.41) is 2.73. The number of nitrogens with zero attached hydrogens (tertiary/aromatic N) is 2. The van der Waals surface area contributed by atoms with Gasteiger partial charge in [-0.25, -0.2) is 4.79 Å². The van der Waals surface area contributed by atoms with Gasteiger partial charge in [0.2, 0.25) is 0 Å². The molecule has 0 spiro atoms. The Bertz CT molecular complexity index is 631. The normalized spacial score (nSPS) is 12.0. The Morgan fingerprint density at radius 3 is 2.26 bits per heavy atom. The minimum Gasteiger partial charge on any atom is -0.444 e. The number of carbonyl (C=O) groups is 1. The number of guanidine groups is 1. The number of nitrogens with one attached hydrogen (secondary N) is 1. The van der Waals surface area contributed by atoms with Gasteiger partial charge in [-0.05, 0) is 45.0 Å². The second-order valence-electron chi connectivity index (χ2n) is 6.37. The lowest BCUT2D eigenvalue weighted by Crippen LogP contribution is -2.36. The summed E-state index contributed by atoms with van der Waals surface area (Å²) in [6.07, 6.45) is -5.21. The lowest BCUT2D eigenvalue weighted by molar-refractivity contribution is -0.274. The van der Waals surface area contributed by atoms with E-state index in [9.17, 15) is 18.0 Å². The molecule has 0 aliphatic carbocycles. The zero-order chi connectivity index (χ0) is 20.0. The summed E-state index contributed by atoms with van der Waals surface area (Å²) in [6.45, 7) is 5.82. The van der Waals surface area contributed by atoms with Crippen molar-refractivity contribution in [3.05, 3.63) is 24.3 Å². The van der Waals surface area contributed by atoms with Gasteiger partial charge in [-0.3, -0.25) is 4.99 Å². The molecule has 11 heteroatoms. The van der Waals surface area contributed by atoms with Crippen molar-refractivity contribution in [2.75, 3.05) is 25.5 Å². The highest BCUT2D eigenvalue weighted by Gasteiger charge is 2.30. The third kappa shape index (κ3) is 11.4. The van der Waals surface area contributed by atoms with Crippen LogP contribution in [0.1, 0.15) is 20.8 Å². The van der Waals surface area contributed by atoms with Gasteiger partial charge >= 0.3 is 12.5 Å². The van der Waals surface area contributed by atoms with Crippen LogP contribution >= 0.6 is 24.0 Å². The number of amides is 1. The van der Waals surface area contributed by atoms with Crippen molar-refractivity contribution < 1.29 is 27.4 Å². The third-order valence-corrected chi connectivity index (χ3v) is 2.78. The molecule has 7 nitrogen and oxygen atoms in total. The van der Waals surface area contributed by atoms with E-state index >= 15 is 0 Å². The summed E-state index contributed by atoms with van der Waals surface area (Å²) < 4.78 is 45.2. The molecular weight excluding hydrogens is 480 g/mol. The predicted molar refractivity (Wildman–Crippen MR) is 108 cm³/mol. The molecule has 1 rings (SSSR count). The minimum absolute atomic E-state index is 0. The second-order valence-corrected chi connectivity index (χ2v) is 6.37.